The molecule has 1 aromatic rings. The summed E-state index contributed by atoms with van der Waals surface area (Å²) in [5.41, 5.74) is 0.412. The number of benzene rings is 1. The van der Waals surface area contributed by atoms with Gasteiger partial charge >= 0.3 is 0 Å². The number of likely N-dealkylation sites (tertiary alicyclic amines) is 1. The summed E-state index contributed by atoms with van der Waals surface area (Å²) < 4.78 is 13.3. The van der Waals surface area contributed by atoms with Gasteiger partial charge in [-0.1, -0.05) is 6.07 Å². The van der Waals surface area contributed by atoms with E-state index in [0.29, 0.717) is 18.2 Å². The van der Waals surface area contributed by atoms with Crippen LogP contribution in [0.15, 0.2) is 29.3 Å². The zero-order chi connectivity index (χ0) is 22.2. The molecule has 0 spiro atoms. The van der Waals surface area contributed by atoms with Crippen molar-refractivity contribution in [2.45, 2.75) is 32.7 Å². The number of anilines is 1. The lowest BCUT2D eigenvalue weighted by Crippen LogP contribution is -2.57. The number of amides is 2. The molecule has 0 aliphatic carbocycles. The summed E-state index contributed by atoms with van der Waals surface area (Å²) in [6.45, 7) is 9.35. The van der Waals surface area contributed by atoms with Crippen LogP contribution in [0.3, 0.4) is 0 Å². The monoisotopic (exact) mass is 560 g/mol. The molecule has 2 aliphatic heterocycles. The third-order valence-corrected chi connectivity index (χ3v) is 5.75. The van der Waals surface area contributed by atoms with Crippen molar-refractivity contribution in [3.8, 4) is 0 Å². The van der Waals surface area contributed by atoms with Crippen LogP contribution in [0.1, 0.15) is 26.7 Å². The first kappa shape index (κ1) is 26.3. The second kappa shape index (κ2) is 12.9. The predicted octanol–water partition coefficient (Wildman–Crippen LogP) is 1.98. The molecule has 2 aliphatic rings. The van der Waals surface area contributed by atoms with Gasteiger partial charge in [0.25, 0.3) is 0 Å². The Morgan fingerprint density at radius 2 is 1.78 bits per heavy atom. The Labute approximate surface area is 206 Å². The zero-order valence-electron chi connectivity index (χ0n) is 18.8. The molecule has 2 amide bonds. The van der Waals surface area contributed by atoms with Crippen LogP contribution < -0.4 is 10.6 Å². The maximum absolute atomic E-state index is 13.3. The molecule has 0 saturated carbocycles. The van der Waals surface area contributed by atoms with E-state index in [1.165, 1.54) is 12.1 Å². The summed E-state index contributed by atoms with van der Waals surface area (Å²) in [5.74, 6) is 0.199. The van der Waals surface area contributed by atoms with Crippen LogP contribution in [0.2, 0.25) is 0 Å². The van der Waals surface area contributed by atoms with E-state index in [1.807, 2.05) is 18.7 Å². The van der Waals surface area contributed by atoms with Gasteiger partial charge in [-0.25, -0.2) is 9.38 Å². The van der Waals surface area contributed by atoms with E-state index in [0.717, 1.165) is 52.1 Å². The minimum atomic E-state index is -0.398. The quantitative estimate of drug-likeness (QED) is 0.316. The van der Waals surface area contributed by atoms with Gasteiger partial charge < -0.3 is 20.4 Å². The largest absolute Gasteiger partial charge is 0.357 e. The summed E-state index contributed by atoms with van der Waals surface area (Å²) in [4.78, 5) is 35.7. The lowest BCUT2D eigenvalue weighted by Gasteiger charge is -2.39. The molecule has 2 saturated heterocycles. The van der Waals surface area contributed by atoms with Gasteiger partial charge in [0.2, 0.25) is 11.8 Å². The summed E-state index contributed by atoms with van der Waals surface area (Å²) in [5, 5.41) is 5.90. The van der Waals surface area contributed by atoms with Crippen LogP contribution in [-0.2, 0) is 9.59 Å². The van der Waals surface area contributed by atoms with Crippen LogP contribution in [-0.4, -0.2) is 90.9 Å². The van der Waals surface area contributed by atoms with Crippen molar-refractivity contribution in [2.75, 3.05) is 57.7 Å². The number of hydrogen-bond donors (Lipinski definition) is 2. The molecule has 0 aromatic heterocycles. The van der Waals surface area contributed by atoms with E-state index in [1.54, 1.807) is 12.1 Å². The van der Waals surface area contributed by atoms with Crippen LogP contribution >= 0.6 is 24.0 Å². The van der Waals surface area contributed by atoms with Crippen molar-refractivity contribution in [2.24, 2.45) is 4.99 Å². The van der Waals surface area contributed by atoms with Gasteiger partial charge in [-0.2, -0.15) is 0 Å². The van der Waals surface area contributed by atoms with E-state index < -0.39 is 5.82 Å². The summed E-state index contributed by atoms with van der Waals surface area (Å²) in [7, 11) is 0. The molecular weight excluding hydrogens is 526 g/mol. The molecule has 1 unspecified atom stereocenters. The Morgan fingerprint density at radius 1 is 1.09 bits per heavy atom. The van der Waals surface area contributed by atoms with Gasteiger partial charge in [-0.05, 0) is 44.9 Å². The highest BCUT2D eigenvalue weighted by Crippen LogP contribution is 2.14. The van der Waals surface area contributed by atoms with E-state index in [4.69, 9.17) is 0 Å². The second-order valence-electron chi connectivity index (χ2n) is 7.96. The maximum Gasteiger partial charge on any atom is 0.246 e. The molecule has 32 heavy (non-hydrogen) atoms. The third kappa shape index (κ3) is 7.29. The second-order valence-corrected chi connectivity index (χ2v) is 7.96. The smallest absolute Gasteiger partial charge is 0.246 e. The molecule has 2 fully saturated rings. The lowest BCUT2D eigenvalue weighted by molar-refractivity contribution is -0.135. The van der Waals surface area contributed by atoms with Gasteiger partial charge in [0, 0.05) is 51.5 Å². The first-order valence-corrected chi connectivity index (χ1v) is 11.1. The average molecular weight is 560 g/mol. The number of piperazine rings is 1. The van der Waals surface area contributed by atoms with Crippen LogP contribution in [0.4, 0.5) is 10.1 Å². The molecule has 10 heteroatoms. The standard InChI is InChI=1S/C22H33FN6O2.HI/c1-3-24-22(25-16-20(30)26-19-8-6-7-18(23)15-19)29-13-11-27(12-14-29)17(2)21(31)28-9-4-5-10-28;/h6-8,15,17H,3-5,9-14,16H2,1-2H3,(H,24,25)(H,26,30);1H. The Bertz CT molecular complexity index is 794. The number of guanidine groups is 1. The van der Waals surface area contributed by atoms with E-state index in [2.05, 4.69) is 25.4 Å². The Hall–Kier alpha value is -1.95. The third-order valence-electron chi connectivity index (χ3n) is 5.75. The van der Waals surface area contributed by atoms with Crippen molar-refractivity contribution in [3.05, 3.63) is 30.1 Å². The topological polar surface area (TPSA) is 80.3 Å². The Balaban J connectivity index is 0.00000363. The molecule has 178 valence electrons. The van der Waals surface area contributed by atoms with Crippen molar-refractivity contribution in [1.82, 2.24) is 20.0 Å². The molecule has 8 nitrogen and oxygen atoms in total. The fourth-order valence-electron chi connectivity index (χ4n) is 4.02. The molecular formula is C22H34FIN6O2. The summed E-state index contributed by atoms with van der Waals surface area (Å²) in [6.07, 6.45) is 2.20. The van der Waals surface area contributed by atoms with E-state index in [-0.39, 0.29) is 48.4 Å². The predicted molar refractivity (Wildman–Crippen MR) is 135 cm³/mol. The zero-order valence-corrected chi connectivity index (χ0v) is 21.2. The number of nitrogens with zero attached hydrogens (tertiary/aromatic N) is 4. The fraction of sp³-hybridized carbons (Fsp3) is 0.591. The number of nitrogens with one attached hydrogen (secondary N) is 2. The number of carbonyl (C=O) groups is 2. The first-order valence-electron chi connectivity index (χ1n) is 11.1. The maximum atomic E-state index is 13.3. The van der Waals surface area contributed by atoms with Crippen molar-refractivity contribution in [1.29, 1.82) is 0 Å². The average Bonchev–Trinajstić information content (AvgIpc) is 3.31. The SMILES string of the molecule is CCNC(=NCC(=O)Nc1cccc(F)c1)N1CCN(C(C)C(=O)N2CCCC2)CC1.I. The molecule has 1 aromatic carbocycles. The number of rotatable bonds is 6. The van der Waals surface area contributed by atoms with E-state index in [9.17, 15) is 14.0 Å². The number of halogens is 2. The molecule has 2 heterocycles. The lowest BCUT2D eigenvalue weighted by atomic mass is 10.2. The van der Waals surface area contributed by atoms with E-state index >= 15 is 0 Å². The summed E-state index contributed by atoms with van der Waals surface area (Å²) in [6, 6.07) is 5.68. The molecule has 1 atom stereocenters. The van der Waals surface area contributed by atoms with Gasteiger partial charge in [0.1, 0.15) is 12.4 Å². The van der Waals surface area contributed by atoms with Crippen molar-refractivity contribution in [3.63, 3.8) is 0 Å². The van der Waals surface area contributed by atoms with Crippen LogP contribution in [0.5, 0.6) is 0 Å². The number of hydrogen-bond acceptors (Lipinski definition) is 4. The molecule has 0 radical (unpaired) electrons. The van der Waals surface area contributed by atoms with Gasteiger partial charge in [-0.3, -0.25) is 14.5 Å². The van der Waals surface area contributed by atoms with Crippen molar-refractivity contribution < 1.29 is 14.0 Å². The van der Waals surface area contributed by atoms with Gasteiger partial charge in [0.05, 0.1) is 6.04 Å². The molecule has 0 bridgehead atoms. The summed E-state index contributed by atoms with van der Waals surface area (Å²) >= 11 is 0. The van der Waals surface area contributed by atoms with Crippen LogP contribution in [0.25, 0.3) is 0 Å². The van der Waals surface area contributed by atoms with Crippen molar-refractivity contribution >= 4 is 47.4 Å². The number of carbonyl (C=O) groups excluding carboxylic acids is 2. The highest BCUT2D eigenvalue weighted by Gasteiger charge is 2.30. The first-order chi connectivity index (χ1) is 15.0. The minimum Gasteiger partial charge on any atom is -0.357 e. The minimum absolute atomic E-state index is 0. The Kier molecular flexibility index (Phi) is 10.6. The normalized spacial score (nSPS) is 18.2. The number of aliphatic imine (C=N–C) groups is 1. The van der Waals surface area contributed by atoms with Gasteiger partial charge in [-0.15, -0.1) is 24.0 Å². The van der Waals surface area contributed by atoms with Crippen LogP contribution in [0, 0.1) is 5.82 Å². The van der Waals surface area contributed by atoms with Gasteiger partial charge in [0.15, 0.2) is 5.96 Å². The highest BCUT2D eigenvalue weighted by atomic mass is 127. The fourth-order valence-corrected chi connectivity index (χ4v) is 4.02. The Morgan fingerprint density at radius 3 is 2.41 bits per heavy atom. The molecule has 3 rings (SSSR count). The highest BCUT2D eigenvalue weighted by molar-refractivity contribution is 14.0. The molecule has 2 N–H and O–H groups in total.